The van der Waals surface area contributed by atoms with Gasteiger partial charge in [0.1, 0.15) is 5.56 Å². The molecule has 6 aromatic rings. The van der Waals surface area contributed by atoms with Crippen molar-refractivity contribution in [1.82, 2.24) is 9.13 Å². The fourth-order valence-corrected chi connectivity index (χ4v) is 5.78. The van der Waals surface area contributed by atoms with Crippen molar-refractivity contribution in [3.63, 3.8) is 0 Å². The first-order valence-corrected chi connectivity index (χ1v) is 14.3. The molecule has 0 aliphatic rings. The molecule has 2 aromatic heterocycles. The molecule has 0 spiro atoms. The Morgan fingerprint density at radius 3 is 1.71 bits per heavy atom. The standard InChI is InChI=1S/C17H12BrNO3.C16H12BrNO/c18-13-7-4-8-14-15(13)16(20)12(17(21)22)10-19(14)9-11-5-2-1-3-6-11;17-13-7-4-8-14-16(13)15(19)9-10-18(14)11-12-5-2-1-3-6-12/h1-8,10H,9H2,(H,21,22);1-10H,11H2. The molecular weight excluding hydrogens is 648 g/mol. The summed E-state index contributed by atoms with van der Waals surface area (Å²) in [5.41, 5.74) is 3.25. The number of pyridine rings is 2. The summed E-state index contributed by atoms with van der Waals surface area (Å²) in [5.74, 6) is -1.22. The summed E-state index contributed by atoms with van der Waals surface area (Å²) in [7, 11) is 0. The van der Waals surface area contributed by atoms with Crippen LogP contribution in [-0.4, -0.2) is 20.2 Å². The fourth-order valence-electron chi connectivity index (χ4n) is 4.69. The van der Waals surface area contributed by atoms with E-state index in [-0.39, 0.29) is 11.0 Å². The SMILES string of the molecule is O=C(O)c1cn(Cc2ccccc2)c2cccc(Br)c2c1=O.O=c1ccn(Cc2ccccc2)c2cccc(Br)c12. The van der Waals surface area contributed by atoms with Gasteiger partial charge in [-0.1, -0.05) is 72.8 Å². The lowest BCUT2D eigenvalue weighted by Crippen LogP contribution is -2.19. The van der Waals surface area contributed by atoms with Crippen LogP contribution in [0.15, 0.2) is 134 Å². The van der Waals surface area contributed by atoms with Gasteiger partial charge in [-0.25, -0.2) is 4.79 Å². The number of carbonyl (C=O) groups is 1. The zero-order valence-corrected chi connectivity index (χ0v) is 24.9. The summed E-state index contributed by atoms with van der Waals surface area (Å²) in [4.78, 5) is 35.7. The van der Waals surface area contributed by atoms with Crippen molar-refractivity contribution in [2.75, 3.05) is 0 Å². The van der Waals surface area contributed by atoms with Crippen LogP contribution in [-0.2, 0) is 13.1 Å². The van der Waals surface area contributed by atoms with Crippen molar-refractivity contribution >= 4 is 59.6 Å². The third-order valence-corrected chi connectivity index (χ3v) is 7.95. The maximum atomic E-state index is 12.4. The molecule has 41 heavy (non-hydrogen) atoms. The molecule has 0 aliphatic carbocycles. The number of rotatable bonds is 5. The normalized spacial score (nSPS) is 10.8. The van der Waals surface area contributed by atoms with Crippen molar-refractivity contribution in [3.05, 3.63) is 162 Å². The van der Waals surface area contributed by atoms with Crippen LogP contribution in [0.5, 0.6) is 0 Å². The second-order valence-electron chi connectivity index (χ2n) is 9.35. The number of hydrogen-bond donors (Lipinski definition) is 1. The molecule has 0 radical (unpaired) electrons. The molecule has 0 saturated carbocycles. The highest BCUT2D eigenvalue weighted by Gasteiger charge is 2.16. The largest absolute Gasteiger partial charge is 0.477 e. The van der Waals surface area contributed by atoms with E-state index in [2.05, 4.69) is 48.6 Å². The minimum Gasteiger partial charge on any atom is -0.477 e. The Bertz CT molecular complexity index is 1990. The van der Waals surface area contributed by atoms with Gasteiger partial charge in [0.15, 0.2) is 5.43 Å². The van der Waals surface area contributed by atoms with E-state index in [1.165, 1.54) is 11.8 Å². The third-order valence-electron chi connectivity index (χ3n) is 6.63. The molecule has 0 bridgehead atoms. The van der Waals surface area contributed by atoms with Crippen LogP contribution in [0, 0.1) is 0 Å². The van der Waals surface area contributed by atoms with Gasteiger partial charge in [-0.3, -0.25) is 9.59 Å². The van der Waals surface area contributed by atoms with Gasteiger partial charge in [-0.2, -0.15) is 0 Å². The number of carboxylic acid groups (broad SMARTS) is 1. The molecule has 0 unspecified atom stereocenters. The number of aromatic carboxylic acids is 1. The molecule has 1 N–H and O–H groups in total. The molecule has 8 heteroatoms. The number of nitrogens with zero attached hydrogens (tertiary/aromatic N) is 2. The molecule has 4 aromatic carbocycles. The lowest BCUT2D eigenvalue weighted by Gasteiger charge is -2.13. The van der Waals surface area contributed by atoms with E-state index in [0.29, 0.717) is 21.9 Å². The molecule has 0 saturated heterocycles. The zero-order chi connectivity index (χ0) is 28.9. The van der Waals surface area contributed by atoms with Crippen LogP contribution in [0.4, 0.5) is 0 Å². The predicted octanol–water partition coefficient (Wildman–Crippen LogP) is 7.32. The van der Waals surface area contributed by atoms with E-state index < -0.39 is 11.4 Å². The Kier molecular flexibility index (Phi) is 8.61. The highest BCUT2D eigenvalue weighted by molar-refractivity contribution is 9.11. The second-order valence-corrected chi connectivity index (χ2v) is 11.1. The summed E-state index contributed by atoms with van der Waals surface area (Å²) in [5, 5.41) is 10.4. The molecule has 6 nitrogen and oxygen atoms in total. The molecular formula is C33H24Br2N2O4. The van der Waals surface area contributed by atoms with Gasteiger partial charge in [0.2, 0.25) is 5.43 Å². The lowest BCUT2D eigenvalue weighted by molar-refractivity contribution is 0.0695. The van der Waals surface area contributed by atoms with Gasteiger partial charge in [0, 0.05) is 40.5 Å². The Hall–Kier alpha value is -4.27. The zero-order valence-electron chi connectivity index (χ0n) is 21.7. The van der Waals surface area contributed by atoms with Crippen LogP contribution in [0.3, 0.4) is 0 Å². The van der Waals surface area contributed by atoms with E-state index in [4.69, 9.17) is 0 Å². The predicted molar refractivity (Wildman–Crippen MR) is 170 cm³/mol. The molecule has 0 amide bonds. The Morgan fingerprint density at radius 1 is 0.634 bits per heavy atom. The number of halogens is 2. The van der Waals surface area contributed by atoms with Crippen LogP contribution in [0.1, 0.15) is 21.5 Å². The van der Waals surface area contributed by atoms with E-state index in [9.17, 15) is 19.5 Å². The van der Waals surface area contributed by atoms with Crippen molar-refractivity contribution in [3.8, 4) is 0 Å². The first-order valence-electron chi connectivity index (χ1n) is 12.7. The minimum atomic E-state index is -1.22. The van der Waals surface area contributed by atoms with Crippen molar-refractivity contribution in [2.24, 2.45) is 0 Å². The second kappa shape index (κ2) is 12.5. The Labute approximate surface area is 252 Å². The summed E-state index contributed by atoms with van der Waals surface area (Å²) in [6.45, 7) is 1.25. The minimum absolute atomic E-state index is 0.0480. The van der Waals surface area contributed by atoms with Gasteiger partial charge >= 0.3 is 5.97 Å². The number of carboxylic acids is 1. The summed E-state index contributed by atoms with van der Waals surface area (Å²) < 4.78 is 5.33. The van der Waals surface area contributed by atoms with Crippen LogP contribution < -0.4 is 10.9 Å². The fraction of sp³-hybridized carbons (Fsp3) is 0.0606. The van der Waals surface area contributed by atoms with Gasteiger partial charge < -0.3 is 14.2 Å². The quantitative estimate of drug-likeness (QED) is 0.208. The third kappa shape index (κ3) is 6.24. The van der Waals surface area contributed by atoms with E-state index in [1.807, 2.05) is 85.1 Å². The van der Waals surface area contributed by atoms with Crippen LogP contribution in [0.25, 0.3) is 21.8 Å². The maximum absolute atomic E-state index is 12.4. The summed E-state index contributed by atoms with van der Waals surface area (Å²) >= 11 is 6.80. The van der Waals surface area contributed by atoms with Gasteiger partial charge in [-0.05, 0) is 67.3 Å². The van der Waals surface area contributed by atoms with E-state index in [1.54, 1.807) is 16.7 Å². The molecule has 0 aliphatic heterocycles. The highest BCUT2D eigenvalue weighted by atomic mass is 79.9. The van der Waals surface area contributed by atoms with E-state index >= 15 is 0 Å². The number of fused-ring (bicyclic) bond motifs is 2. The van der Waals surface area contributed by atoms with Crippen molar-refractivity contribution in [2.45, 2.75) is 13.1 Å². The highest BCUT2D eigenvalue weighted by Crippen LogP contribution is 2.23. The average Bonchev–Trinajstić information content (AvgIpc) is 2.97. The topological polar surface area (TPSA) is 81.3 Å². The van der Waals surface area contributed by atoms with Crippen molar-refractivity contribution < 1.29 is 9.90 Å². The molecule has 204 valence electrons. The van der Waals surface area contributed by atoms with Gasteiger partial charge in [0.25, 0.3) is 0 Å². The van der Waals surface area contributed by atoms with Crippen molar-refractivity contribution in [1.29, 1.82) is 0 Å². The van der Waals surface area contributed by atoms with Gasteiger partial charge in [0.05, 0.1) is 21.8 Å². The van der Waals surface area contributed by atoms with Crippen LogP contribution in [0.2, 0.25) is 0 Å². The lowest BCUT2D eigenvalue weighted by atomic mass is 10.1. The molecule has 0 fully saturated rings. The average molecular weight is 672 g/mol. The molecule has 2 heterocycles. The van der Waals surface area contributed by atoms with E-state index in [0.717, 1.165) is 27.5 Å². The smallest absolute Gasteiger partial charge is 0.341 e. The first-order chi connectivity index (χ1) is 19.8. The number of aromatic nitrogens is 2. The maximum Gasteiger partial charge on any atom is 0.341 e. The van der Waals surface area contributed by atoms with Gasteiger partial charge in [-0.15, -0.1) is 0 Å². The molecule has 0 atom stereocenters. The summed E-state index contributed by atoms with van der Waals surface area (Å²) in [6.07, 6.45) is 3.26. The Balaban J connectivity index is 0.000000166. The van der Waals surface area contributed by atoms with Crippen LogP contribution >= 0.6 is 31.9 Å². The number of hydrogen-bond acceptors (Lipinski definition) is 3. The monoisotopic (exact) mass is 670 g/mol. The number of benzene rings is 4. The molecule has 6 rings (SSSR count). The first kappa shape index (κ1) is 28.3. The Morgan fingerprint density at radius 2 is 1.15 bits per heavy atom. The summed E-state index contributed by atoms with van der Waals surface area (Å²) in [6, 6.07) is 32.7.